The van der Waals surface area contributed by atoms with Crippen LogP contribution in [0.25, 0.3) is 0 Å². The van der Waals surface area contributed by atoms with Crippen LogP contribution in [0.1, 0.15) is 10.4 Å². The lowest BCUT2D eigenvalue weighted by atomic mass is 10.2. The number of amides is 1. The lowest BCUT2D eigenvalue weighted by molar-refractivity contribution is 0.0977. The molecule has 3 aromatic rings. The number of halogens is 1. The zero-order valence-electron chi connectivity index (χ0n) is 15.4. The smallest absolute Gasteiger partial charge is 0.257 e. The predicted octanol–water partition coefficient (Wildman–Crippen LogP) is 4.92. The number of anilines is 1. The fraction of sp³-hybridized carbons (Fsp3) is 0.0909. The first kappa shape index (κ1) is 20.6. The highest BCUT2D eigenvalue weighted by atomic mass is 35.5. The van der Waals surface area contributed by atoms with Crippen LogP contribution >= 0.6 is 23.8 Å². The minimum atomic E-state index is -0.347. The third-order valence-corrected chi connectivity index (χ3v) is 4.34. The first-order valence-electron chi connectivity index (χ1n) is 8.89. The summed E-state index contributed by atoms with van der Waals surface area (Å²) in [6.07, 6.45) is 0. The van der Waals surface area contributed by atoms with Gasteiger partial charge in [0, 0.05) is 5.56 Å². The fourth-order valence-corrected chi connectivity index (χ4v) is 2.84. The monoisotopic (exact) mass is 426 g/mol. The minimum Gasteiger partial charge on any atom is -0.490 e. The molecule has 0 fully saturated rings. The van der Waals surface area contributed by atoms with Crippen molar-refractivity contribution in [2.75, 3.05) is 18.5 Å². The van der Waals surface area contributed by atoms with Gasteiger partial charge in [-0.3, -0.25) is 10.1 Å². The van der Waals surface area contributed by atoms with Crippen molar-refractivity contribution in [2.24, 2.45) is 0 Å². The van der Waals surface area contributed by atoms with E-state index in [0.717, 1.165) is 5.75 Å². The molecule has 0 bridgehead atoms. The second-order valence-electron chi connectivity index (χ2n) is 5.93. The quantitative estimate of drug-likeness (QED) is 0.414. The van der Waals surface area contributed by atoms with E-state index in [1.54, 1.807) is 36.4 Å². The number of rotatable bonds is 7. The Labute approximate surface area is 179 Å². The second kappa shape index (κ2) is 10.5. The molecule has 0 radical (unpaired) electrons. The average Bonchev–Trinajstić information content (AvgIpc) is 2.74. The molecular formula is C22H19ClN2O3S. The van der Waals surface area contributed by atoms with Crippen LogP contribution in [0.5, 0.6) is 11.5 Å². The molecule has 0 spiro atoms. The molecule has 0 aliphatic rings. The maximum atomic E-state index is 12.4. The van der Waals surface area contributed by atoms with Crippen LogP contribution in [-0.2, 0) is 0 Å². The SMILES string of the molecule is O=C(NC(=S)Nc1ccccc1Cl)c1cccc(OCCOc2ccccc2)c1. The van der Waals surface area contributed by atoms with Crippen molar-refractivity contribution in [3.8, 4) is 11.5 Å². The van der Waals surface area contributed by atoms with Crippen LogP contribution in [0.3, 0.4) is 0 Å². The summed E-state index contributed by atoms with van der Waals surface area (Å²) in [5.74, 6) is 1.00. The van der Waals surface area contributed by atoms with Crippen molar-refractivity contribution in [3.63, 3.8) is 0 Å². The van der Waals surface area contributed by atoms with Crippen LogP contribution in [0, 0.1) is 0 Å². The van der Waals surface area contributed by atoms with Gasteiger partial charge in [-0.05, 0) is 54.7 Å². The molecule has 2 N–H and O–H groups in total. The molecule has 0 saturated heterocycles. The van der Waals surface area contributed by atoms with Crippen molar-refractivity contribution >= 4 is 40.5 Å². The van der Waals surface area contributed by atoms with Gasteiger partial charge in [-0.1, -0.05) is 48.0 Å². The largest absolute Gasteiger partial charge is 0.490 e. The summed E-state index contributed by atoms with van der Waals surface area (Å²) in [6, 6.07) is 23.5. The van der Waals surface area contributed by atoms with Gasteiger partial charge in [-0.2, -0.15) is 0 Å². The van der Waals surface area contributed by atoms with E-state index < -0.39 is 0 Å². The molecule has 1 amide bonds. The number of nitrogens with one attached hydrogen (secondary N) is 2. The summed E-state index contributed by atoms with van der Waals surface area (Å²) in [4.78, 5) is 12.4. The van der Waals surface area contributed by atoms with Crippen molar-refractivity contribution in [1.29, 1.82) is 0 Å². The van der Waals surface area contributed by atoms with Gasteiger partial charge >= 0.3 is 0 Å². The summed E-state index contributed by atoms with van der Waals surface area (Å²) in [7, 11) is 0. The fourth-order valence-electron chi connectivity index (χ4n) is 2.45. The highest BCUT2D eigenvalue weighted by Crippen LogP contribution is 2.20. The summed E-state index contributed by atoms with van der Waals surface area (Å²) in [5.41, 5.74) is 1.05. The Kier molecular flexibility index (Phi) is 7.44. The van der Waals surface area contributed by atoms with E-state index in [2.05, 4.69) is 10.6 Å². The minimum absolute atomic E-state index is 0.158. The van der Waals surface area contributed by atoms with Crippen LogP contribution in [0.15, 0.2) is 78.9 Å². The van der Waals surface area contributed by atoms with Gasteiger partial charge in [0.1, 0.15) is 24.7 Å². The van der Waals surface area contributed by atoms with Gasteiger partial charge < -0.3 is 14.8 Å². The first-order valence-corrected chi connectivity index (χ1v) is 9.68. The van der Waals surface area contributed by atoms with Crippen molar-refractivity contribution < 1.29 is 14.3 Å². The van der Waals surface area contributed by atoms with E-state index in [9.17, 15) is 4.79 Å². The molecule has 7 heteroatoms. The standard InChI is InChI=1S/C22H19ClN2O3S/c23-19-11-4-5-12-20(19)24-22(29)25-21(26)16-7-6-10-18(15-16)28-14-13-27-17-8-2-1-3-9-17/h1-12,15H,13-14H2,(H2,24,25,26,29). The number of hydrogen-bond donors (Lipinski definition) is 2. The highest BCUT2D eigenvalue weighted by molar-refractivity contribution is 7.80. The van der Waals surface area contributed by atoms with Gasteiger partial charge in [0.25, 0.3) is 5.91 Å². The molecular weight excluding hydrogens is 408 g/mol. The molecule has 0 unspecified atom stereocenters. The molecule has 0 atom stereocenters. The molecule has 0 heterocycles. The van der Waals surface area contributed by atoms with Crippen molar-refractivity contribution in [1.82, 2.24) is 5.32 Å². The molecule has 5 nitrogen and oxygen atoms in total. The Bertz CT molecular complexity index is 983. The van der Waals surface area contributed by atoms with Crippen LogP contribution < -0.4 is 20.1 Å². The van der Waals surface area contributed by atoms with Gasteiger partial charge in [-0.25, -0.2) is 0 Å². The Morgan fingerprint density at radius 2 is 1.52 bits per heavy atom. The molecule has 0 aliphatic heterocycles. The third kappa shape index (κ3) is 6.48. The molecule has 29 heavy (non-hydrogen) atoms. The first-order chi connectivity index (χ1) is 14.1. The number of carbonyl (C=O) groups excluding carboxylic acids is 1. The third-order valence-electron chi connectivity index (χ3n) is 3.81. The average molecular weight is 427 g/mol. The Balaban J connectivity index is 1.49. The number of benzene rings is 3. The Hall–Kier alpha value is -3.09. The van der Waals surface area contributed by atoms with Gasteiger partial charge in [0.15, 0.2) is 5.11 Å². The second-order valence-corrected chi connectivity index (χ2v) is 6.74. The lowest BCUT2D eigenvalue weighted by Gasteiger charge is -2.12. The number of carbonyl (C=O) groups is 1. The van der Waals surface area contributed by atoms with E-state index in [0.29, 0.717) is 35.2 Å². The lowest BCUT2D eigenvalue weighted by Crippen LogP contribution is -2.34. The highest BCUT2D eigenvalue weighted by Gasteiger charge is 2.10. The van der Waals surface area contributed by atoms with Gasteiger partial charge in [-0.15, -0.1) is 0 Å². The van der Waals surface area contributed by atoms with E-state index in [4.69, 9.17) is 33.3 Å². The number of hydrogen-bond acceptors (Lipinski definition) is 4. The van der Waals surface area contributed by atoms with Crippen LogP contribution in [0.2, 0.25) is 5.02 Å². The molecule has 0 saturated carbocycles. The summed E-state index contributed by atoms with van der Waals surface area (Å²) >= 11 is 11.3. The van der Waals surface area contributed by atoms with Crippen molar-refractivity contribution in [2.45, 2.75) is 0 Å². The normalized spacial score (nSPS) is 10.1. The van der Waals surface area contributed by atoms with E-state index in [-0.39, 0.29) is 11.0 Å². The van der Waals surface area contributed by atoms with Gasteiger partial charge in [0.2, 0.25) is 0 Å². The van der Waals surface area contributed by atoms with E-state index >= 15 is 0 Å². The maximum absolute atomic E-state index is 12.4. The van der Waals surface area contributed by atoms with Crippen LogP contribution in [0.4, 0.5) is 5.69 Å². The predicted molar refractivity (Wildman–Crippen MR) is 119 cm³/mol. The summed E-state index contributed by atoms with van der Waals surface area (Å²) < 4.78 is 11.2. The van der Waals surface area contributed by atoms with E-state index in [1.165, 1.54) is 0 Å². The maximum Gasteiger partial charge on any atom is 0.257 e. The molecule has 148 valence electrons. The van der Waals surface area contributed by atoms with Crippen LogP contribution in [-0.4, -0.2) is 24.2 Å². The van der Waals surface area contributed by atoms with Crippen molar-refractivity contribution in [3.05, 3.63) is 89.4 Å². The zero-order chi connectivity index (χ0) is 20.5. The number of thiocarbonyl (C=S) groups is 1. The zero-order valence-corrected chi connectivity index (χ0v) is 17.0. The Morgan fingerprint density at radius 1 is 0.862 bits per heavy atom. The van der Waals surface area contributed by atoms with E-state index in [1.807, 2.05) is 42.5 Å². The topological polar surface area (TPSA) is 59.6 Å². The molecule has 0 aliphatic carbocycles. The molecule has 3 aromatic carbocycles. The Morgan fingerprint density at radius 3 is 2.28 bits per heavy atom. The molecule has 0 aromatic heterocycles. The summed E-state index contributed by atoms with van der Waals surface area (Å²) in [5, 5.41) is 6.20. The number of para-hydroxylation sites is 2. The van der Waals surface area contributed by atoms with Gasteiger partial charge in [0.05, 0.1) is 10.7 Å². The number of ether oxygens (including phenoxy) is 2. The molecule has 3 rings (SSSR count). The summed E-state index contributed by atoms with van der Waals surface area (Å²) in [6.45, 7) is 0.749.